The second kappa shape index (κ2) is 10.6. The Morgan fingerprint density at radius 1 is 1.32 bits per heavy atom. The van der Waals surface area contributed by atoms with Crippen LogP contribution in [-0.2, 0) is 4.79 Å². The first-order valence-corrected chi connectivity index (χ1v) is 6.08. The number of carbonyl (C=O) groups is 1. The maximum atomic E-state index is 13.2. The van der Waals surface area contributed by atoms with Gasteiger partial charge in [-0.3, -0.25) is 4.79 Å². The van der Waals surface area contributed by atoms with E-state index in [0.717, 1.165) is 13.1 Å². The summed E-state index contributed by atoms with van der Waals surface area (Å²) in [5.41, 5.74) is 0. The normalized spacial score (nSPS) is 9.58. The molecule has 0 radical (unpaired) electrons. The number of likely N-dealkylation sites (N-methyl/N-ethyl adjacent to an activating group) is 1. The third-order valence-corrected chi connectivity index (χ3v) is 2.30. The van der Waals surface area contributed by atoms with E-state index in [4.69, 9.17) is 4.74 Å². The van der Waals surface area contributed by atoms with Crippen molar-refractivity contribution in [3.8, 4) is 5.75 Å². The number of halogens is 2. The standard InChI is InChI=1S/C13H19FN2O2.ClH/c1-2-15-8-9-16-13(17)7-10-18-12-6-4-3-5-11(12)14;/h3-6,15H,2,7-10H2,1H3,(H,16,17);1H. The van der Waals surface area contributed by atoms with Gasteiger partial charge in [-0.1, -0.05) is 19.1 Å². The number of carbonyl (C=O) groups excluding carboxylic acids is 1. The predicted octanol–water partition coefficient (Wildman–Crippen LogP) is 1.74. The number of nitrogens with one attached hydrogen (secondary N) is 2. The summed E-state index contributed by atoms with van der Waals surface area (Å²) in [5.74, 6) is -0.327. The summed E-state index contributed by atoms with van der Waals surface area (Å²) in [5, 5.41) is 5.84. The Bertz CT molecular complexity index is 377. The van der Waals surface area contributed by atoms with Gasteiger partial charge in [0.2, 0.25) is 5.91 Å². The maximum absolute atomic E-state index is 13.2. The smallest absolute Gasteiger partial charge is 0.223 e. The SMILES string of the molecule is CCNCCNC(=O)CCOc1ccccc1F.Cl. The molecule has 4 nitrogen and oxygen atoms in total. The number of rotatable bonds is 8. The Hall–Kier alpha value is -1.33. The van der Waals surface area contributed by atoms with E-state index in [2.05, 4.69) is 10.6 Å². The summed E-state index contributed by atoms with van der Waals surface area (Å²) in [7, 11) is 0. The summed E-state index contributed by atoms with van der Waals surface area (Å²) in [6, 6.07) is 6.15. The molecule has 0 atom stereocenters. The fourth-order valence-corrected chi connectivity index (χ4v) is 1.37. The lowest BCUT2D eigenvalue weighted by Gasteiger charge is -2.08. The van der Waals surface area contributed by atoms with Crippen LogP contribution < -0.4 is 15.4 Å². The fraction of sp³-hybridized carbons (Fsp3) is 0.462. The molecule has 0 unspecified atom stereocenters. The van der Waals surface area contributed by atoms with Crippen molar-refractivity contribution in [3.63, 3.8) is 0 Å². The highest BCUT2D eigenvalue weighted by Gasteiger charge is 2.04. The molecule has 1 aromatic carbocycles. The van der Waals surface area contributed by atoms with E-state index in [1.54, 1.807) is 18.2 Å². The molecule has 0 aliphatic rings. The molecule has 108 valence electrons. The largest absolute Gasteiger partial charge is 0.490 e. The number of ether oxygens (including phenoxy) is 1. The lowest BCUT2D eigenvalue weighted by molar-refractivity contribution is -0.121. The van der Waals surface area contributed by atoms with E-state index in [1.807, 2.05) is 6.92 Å². The first-order valence-electron chi connectivity index (χ1n) is 6.08. The monoisotopic (exact) mass is 290 g/mol. The molecule has 0 aliphatic carbocycles. The van der Waals surface area contributed by atoms with Crippen molar-refractivity contribution in [1.29, 1.82) is 0 Å². The average Bonchev–Trinajstić information content (AvgIpc) is 2.37. The van der Waals surface area contributed by atoms with Crippen molar-refractivity contribution in [2.45, 2.75) is 13.3 Å². The molecule has 1 amide bonds. The van der Waals surface area contributed by atoms with Crippen molar-refractivity contribution >= 4 is 18.3 Å². The molecular weight excluding hydrogens is 271 g/mol. The van der Waals surface area contributed by atoms with Gasteiger partial charge in [-0.25, -0.2) is 4.39 Å². The quantitative estimate of drug-likeness (QED) is 0.717. The van der Waals surface area contributed by atoms with Gasteiger partial charge in [-0.05, 0) is 18.7 Å². The molecular formula is C13H20ClFN2O2. The second-order valence-corrected chi connectivity index (χ2v) is 3.73. The Morgan fingerprint density at radius 2 is 2.05 bits per heavy atom. The molecule has 1 rings (SSSR count). The van der Waals surface area contributed by atoms with Crippen LogP contribution in [0, 0.1) is 5.82 Å². The molecule has 0 heterocycles. The van der Waals surface area contributed by atoms with Gasteiger partial charge in [0, 0.05) is 13.1 Å². The fourth-order valence-electron chi connectivity index (χ4n) is 1.37. The van der Waals surface area contributed by atoms with Crippen molar-refractivity contribution in [1.82, 2.24) is 10.6 Å². The zero-order valence-electron chi connectivity index (χ0n) is 10.9. The van der Waals surface area contributed by atoms with E-state index in [1.165, 1.54) is 6.07 Å². The minimum Gasteiger partial charge on any atom is -0.490 e. The summed E-state index contributed by atoms with van der Waals surface area (Å²) in [6.45, 7) is 4.40. The van der Waals surface area contributed by atoms with Crippen LogP contribution in [0.1, 0.15) is 13.3 Å². The van der Waals surface area contributed by atoms with E-state index in [-0.39, 0.29) is 37.1 Å². The number of amides is 1. The van der Waals surface area contributed by atoms with Crippen LogP contribution in [-0.4, -0.2) is 32.1 Å². The molecule has 2 N–H and O–H groups in total. The molecule has 0 saturated heterocycles. The summed E-state index contributed by atoms with van der Waals surface area (Å²) < 4.78 is 18.4. The van der Waals surface area contributed by atoms with Gasteiger partial charge < -0.3 is 15.4 Å². The number of benzene rings is 1. The van der Waals surface area contributed by atoms with Crippen LogP contribution in [0.15, 0.2) is 24.3 Å². The van der Waals surface area contributed by atoms with Crippen LogP contribution in [0.3, 0.4) is 0 Å². The Labute approximate surface area is 119 Å². The maximum Gasteiger partial charge on any atom is 0.223 e. The third-order valence-electron chi connectivity index (χ3n) is 2.30. The van der Waals surface area contributed by atoms with Gasteiger partial charge in [0.25, 0.3) is 0 Å². The van der Waals surface area contributed by atoms with Crippen molar-refractivity contribution < 1.29 is 13.9 Å². The van der Waals surface area contributed by atoms with Gasteiger partial charge in [-0.15, -0.1) is 12.4 Å². The molecule has 0 aromatic heterocycles. The zero-order chi connectivity index (χ0) is 13.2. The Morgan fingerprint density at radius 3 is 2.74 bits per heavy atom. The highest BCUT2D eigenvalue weighted by atomic mass is 35.5. The Balaban J connectivity index is 0.00000324. The molecule has 0 spiro atoms. The number of hydrogen-bond donors (Lipinski definition) is 2. The predicted molar refractivity (Wildman–Crippen MR) is 75.3 cm³/mol. The zero-order valence-corrected chi connectivity index (χ0v) is 11.8. The molecule has 0 bridgehead atoms. The lowest BCUT2D eigenvalue weighted by atomic mass is 10.3. The number of para-hydroxylation sites is 1. The minimum atomic E-state index is -0.412. The molecule has 6 heteroatoms. The third kappa shape index (κ3) is 7.64. The lowest BCUT2D eigenvalue weighted by Crippen LogP contribution is -2.32. The minimum absolute atomic E-state index is 0. The van der Waals surface area contributed by atoms with Crippen LogP contribution in [0.4, 0.5) is 4.39 Å². The molecule has 0 fully saturated rings. The van der Waals surface area contributed by atoms with E-state index in [0.29, 0.717) is 6.54 Å². The Kier molecular flexibility index (Phi) is 9.84. The van der Waals surface area contributed by atoms with Gasteiger partial charge in [-0.2, -0.15) is 0 Å². The van der Waals surface area contributed by atoms with Crippen molar-refractivity contribution in [2.75, 3.05) is 26.2 Å². The van der Waals surface area contributed by atoms with Crippen LogP contribution in [0.5, 0.6) is 5.75 Å². The van der Waals surface area contributed by atoms with Gasteiger partial charge in [0.05, 0.1) is 13.0 Å². The summed E-state index contributed by atoms with van der Waals surface area (Å²) >= 11 is 0. The molecule has 19 heavy (non-hydrogen) atoms. The summed E-state index contributed by atoms with van der Waals surface area (Å²) in [4.78, 5) is 11.4. The average molecular weight is 291 g/mol. The van der Waals surface area contributed by atoms with E-state index < -0.39 is 5.82 Å². The molecule has 0 aliphatic heterocycles. The van der Waals surface area contributed by atoms with Gasteiger partial charge >= 0.3 is 0 Å². The molecule has 1 aromatic rings. The van der Waals surface area contributed by atoms with Gasteiger partial charge in [0.15, 0.2) is 11.6 Å². The van der Waals surface area contributed by atoms with Crippen molar-refractivity contribution in [3.05, 3.63) is 30.1 Å². The second-order valence-electron chi connectivity index (χ2n) is 3.73. The summed E-state index contributed by atoms with van der Waals surface area (Å²) in [6.07, 6.45) is 0.223. The highest BCUT2D eigenvalue weighted by molar-refractivity contribution is 5.85. The highest BCUT2D eigenvalue weighted by Crippen LogP contribution is 2.15. The van der Waals surface area contributed by atoms with Crippen LogP contribution >= 0.6 is 12.4 Å². The van der Waals surface area contributed by atoms with E-state index in [9.17, 15) is 9.18 Å². The van der Waals surface area contributed by atoms with Crippen LogP contribution in [0.2, 0.25) is 0 Å². The van der Waals surface area contributed by atoms with Crippen molar-refractivity contribution in [2.24, 2.45) is 0 Å². The first-order chi connectivity index (χ1) is 8.74. The van der Waals surface area contributed by atoms with Gasteiger partial charge in [0.1, 0.15) is 0 Å². The molecule has 0 saturated carbocycles. The topological polar surface area (TPSA) is 50.4 Å². The van der Waals surface area contributed by atoms with E-state index >= 15 is 0 Å². The number of hydrogen-bond acceptors (Lipinski definition) is 3. The van der Waals surface area contributed by atoms with Crippen LogP contribution in [0.25, 0.3) is 0 Å². The first kappa shape index (κ1) is 17.7.